The van der Waals surface area contributed by atoms with Crippen LogP contribution >= 0.6 is 0 Å². The Labute approximate surface area is 204 Å². The molecule has 0 radical (unpaired) electrons. The zero-order valence-electron chi connectivity index (χ0n) is 19.2. The first-order valence-electron chi connectivity index (χ1n) is 11.3. The first-order chi connectivity index (χ1) is 17.1. The molecular weight excluding hydrogens is 434 g/mol. The van der Waals surface area contributed by atoms with E-state index in [4.69, 9.17) is 4.99 Å². The summed E-state index contributed by atoms with van der Waals surface area (Å²) in [5.41, 5.74) is 4.09. The Morgan fingerprint density at radius 1 is 0.771 bits per heavy atom. The van der Waals surface area contributed by atoms with Crippen LogP contribution in [-0.2, 0) is 4.79 Å². The van der Waals surface area contributed by atoms with Gasteiger partial charge in [-0.25, -0.2) is 4.99 Å². The van der Waals surface area contributed by atoms with Gasteiger partial charge in [-0.3, -0.25) is 14.5 Å². The van der Waals surface area contributed by atoms with Crippen molar-refractivity contribution < 1.29 is 9.59 Å². The van der Waals surface area contributed by atoms with Gasteiger partial charge in [-0.1, -0.05) is 78.9 Å². The lowest BCUT2D eigenvalue weighted by Crippen LogP contribution is -2.32. The van der Waals surface area contributed by atoms with Crippen LogP contribution in [0.3, 0.4) is 0 Å². The van der Waals surface area contributed by atoms with Gasteiger partial charge in [0.2, 0.25) is 0 Å². The molecule has 1 aliphatic heterocycles. The van der Waals surface area contributed by atoms with Gasteiger partial charge in [0.1, 0.15) is 11.5 Å². The van der Waals surface area contributed by atoms with E-state index in [0.29, 0.717) is 22.8 Å². The summed E-state index contributed by atoms with van der Waals surface area (Å²) < 4.78 is 0. The summed E-state index contributed by atoms with van der Waals surface area (Å²) in [6.07, 6.45) is 1.79. The van der Waals surface area contributed by atoms with E-state index in [9.17, 15) is 9.59 Å². The van der Waals surface area contributed by atoms with E-state index in [1.165, 1.54) is 0 Å². The Morgan fingerprint density at radius 2 is 1.34 bits per heavy atom. The maximum Gasteiger partial charge on any atom is 0.282 e. The molecule has 0 fully saturated rings. The van der Waals surface area contributed by atoms with Crippen molar-refractivity contribution in [2.45, 2.75) is 0 Å². The van der Waals surface area contributed by atoms with Gasteiger partial charge in [0.05, 0.1) is 5.69 Å². The van der Waals surface area contributed by atoms with Gasteiger partial charge in [0, 0.05) is 23.9 Å². The third kappa shape index (κ3) is 4.52. The molecule has 2 amide bonds. The third-order valence-corrected chi connectivity index (χ3v) is 5.82. The number of amides is 2. The molecule has 5 heteroatoms. The molecule has 0 saturated carbocycles. The number of hydrogen-bond acceptors (Lipinski definition) is 3. The fourth-order valence-electron chi connectivity index (χ4n) is 3.96. The number of carbonyl (C=O) groups is 2. The van der Waals surface area contributed by atoms with Crippen LogP contribution in [0, 0.1) is 0 Å². The SMILES string of the molecule is CN(C(=O)c1ccc(N2C(=O)/C(=C/c3ccccc3)N=C2c2ccccc2)cc1)c1ccccc1. The maximum absolute atomic E-state index is 13.5. The number of nitrogens with zero attached hydrogens (tertiary/aromatic N) is 3. The molecule has 5 rings (SSSR count). The van der Waals surface area contributed by atoms with Crippen molar-refractivity contribution in [2.75, 3.05) is 16.8 Å². The quantitative estimate of drug-likeness (QED) is 0.356. The monoisotopic (exact) mass is 457 g/mol. The zero-order chi connectivity index (χ0) is 24.2. The van der Waals surface area contributed by atoms with Crippen LogP contribution in [0.15, 0.2) is 126 Å². The van der Waals surface area contributed by atoms with Crippen molar-refractivity contribution in [3.8, 4) is 0 Å². The van der Waals surface area contributed by atoms with E-state index in [0.717, 1.165) is 16.8 Å². The smallest absolute Gasteiger partial charge is 0.282 e. The van der Waals surface area contributed by atoms with Crippen molar-refractivity contribution >= 4 is 35.1 Å². The second-order valence-corrected chi connectivity index (χ2v) is 8.13. The minimum absolute atomic E-state index is 0.128. The average molecular weight is 458 g/mol. The molecule has 4 aromatic rings. The summed E-state index contributed by atoms with van der Waals surface area (Å²) in [6.45, 7) is 0. The Morgan fingerprint density at radius 3 is 1.97 bits per heavy atom. The molecule has 35 heavy (non-hydrogen) atoms. The summed E-state index contributed by atoms with van der Waals surface area (Å²) in [5, 5.41) is 0. The van der Waals surface area contributed by atoms with Gasteiger partial charge in [-0.15, -0.1) is 0 Å². The molecule has 0 spiro atoms. The number of hydrogen-bond donors (Lipinski definition) is 0. The Bertz CT molecular complexity index is 1410. The summed E-state index contributed by atoms with van der Waals surface area (Å²) in [4.78, 5) is 34.4. The Kier molecular flexibility index (Phi) is 6.05. The maximum atomic E-state index is 13.5. The van der Waals surface area contributed by atoms with Crippen molar-refractivity contribution in [1.29, 1.82) is 0 Å². The van der Waals surface area contributed by atoms with Gasteiger partial charge in [-0.05, 0) is 48.0 Å². The van der Waals surface area contributed by atoms with E-state index in [1.807, 2.05) is 91.0 Å². The van der Waals surface area contributed by atoms with Gasteiger partial charge in [0.25, 0.3) is 11.8 Å². The number of carbonyl (C=O) groups excluding carboxylic acids is 2. The number of benzene rings is 4. The zero-order valence-corrected chi connectivity index (χ0v) is 19.2. The molecule has 0 aliphatic carbocycles. The molecule has 0 atom stereocenters. The van der Waals surface area contributed by atoms with Gasteiger partial charge < -0.3 is 4.90 Å². The minimum Gasteiger partial charge on any atom is -0.311 e. The number of aliphatic imine (C=N–C) groups is 1. The van der Waals surface area contributed by atoms with E-state index >= 15 is 0 Å². The van der Waals surface area contributed by atoms with Crippen molar-refractivity contribution in [2.24, 2.45) is 4.99 Å². The molecule has 4 aromatic carbocycles. The van der Waals surface area contributed by atoms with E-state index < -0.39 is 0 Å². The predicted octanol–water partition coefficient (Wildman–Crippen LogP) is 5.80. The molecule has 1 aliphatic rings. The van der Waals surface area contributed by atoms with Crippen molar-refractivity contribution in [3.05, 3.63) is 138 Å². The highest BCUT2D eigenvalue weighted by Crippen LogP contribution is 2.28. The fourth-order valence-corrected chi connectivity index (χ4v) is 3.96. The van der Waals surface area contributed by atoms with Crippen molar-refractivity contribution in [1.82, 2.24) is 0 Å². The number of anilines is 2. The van der Waals surface area contributed by atoms with Crippen LogP contribution in [0.5, 0.6) is 0 Å². The Balaban J connectivity index is 1.48. The molecule has 170 valence electrons. The molecule has 0 aromatic heterocycles. The topological polar surface area (TPSA) is 53.0 Å². The molecule has 0 unspecified atom stereocenters. The molecule has 0 N–H and O–H groups in total. The van der Waals surface area contributed by atoms with Crippen LogP contribution in [0.1, 0.15) is 21.5 Å². The molecule has 0 saturated heterocycles. The molecule has 1 heterocycles. The van der Waals surface area contributed by atoms with Crippen LogP contribution < -0.4 is 9.80 Å². The van der Waals surface area contributed by atoms with E-state index in [-0.39, 0.29) is 11.8 Å². The normalized spacial score (nSPS) is 14.2. The summed E-state index contributed by atoms with van der Waals surface area (Å²) in [6, 6.07) is 35.8. The lowest BCUT2D eigenvalue weighted by atomic mass is 10.1. The minimum atomic E-state index is -0.215. The average Bonchev–Trinajstić information content (AvgIpc) is 3.25. The van der Waals surface area contributed by atoms with Crippen LogP contribution in [0.2, 0.25) is 0 Å². The first kappa shape index (κ1) is 22.0. The molecule has 5 nitrogen and oxygen atoms in total. The Hall–Kier alpha value is -4.77. The van der Waals surface area contributed by atoms with E-state index in [2.05, 4.69) is 0 Å². The summed E-state index contributed by atoms with van der Waals surface area (Å²) >= 11 is 0. The van der Waals surface area contributed by atoms with Crippen LogP contribution in [0.4, 0.5) is 11.4 Å². The number of para-hydroxylation sites is 1. The first-order valence-corrected chi connectivity index (χ1v) is 11.3. The highest BCUT2D eigenvalue weighted by Gasteiger charge is 2.32. The summed E-state index contributed by atoms with van der Waals surface area (Å²) in [5.74, 6) is 0.212. The second kappa shape index (κ2) is 9.61. The number of amidine groups is 1. The standard InChI is InChI=1S/C30H23N3O2/c1-32(25-15-9-4-10-16-25)29(34)24-17-19-26(20-18-24)33-28(23-13-7-3-8-14-23)31-27(30(33)35)21-22-11-5-2-6-12-22/h2-21H,1H3/b27-21-. The number of rotatable bonds is 5. The van der Waals surface area contributed by atoms with E-state index in [1.54, 1.807) is 47.2 Å². The van der Waals surface area contributed by atoms with Crippen LogP contribution in [0.25, 0.3) is 6.08 Å². The van der Waals surface area contributed by atoms with Gasteiger partial charge in [0.15, 0.2) is 0 Å². The second-order valence-electron chi connectivity index (χ2n) is 8.13. The lowest BCUT2D eigenvalue weighted by Gasteiger charge is -2.20. The highest BCUT2D eigenvalue weighted by molar-refractivity contribution is 6.33. The van der Waals surface area contributed by atoms with Gasteiger partial charge in [-0.2, -0.15) is 0 Å². The highest BCUT2D eigenvalue weighted by atomic mass is 16.2. The largest absolute Gasteiger partial charge is 0.311 e. The van der Waals surface area contributed by atoms with Gasteiger partial charge >= 0.3 is 0 Å². The van der Waals surface area contributed by atoms with Crippen LogP contribution in [-0.4, -0.2) is 24.7 Å². The van der Waals surface area contributed by atoms with Crippen molar-refractivity contribution in [3.63, 3.8) is 0 Å². The molecule has 0 bridgehead atoms. The summed E-state index contributed by atoms with van der Waals surface area (Å²) in [7, 11) is 1.75. The predicted molar refractivity (Wildman–Crippen MR) is 141 cm³/mol. The molecular formula is C30H23N3O2. The lowest BCUT2D eigenvalue weighted by molar-refractivity contribution is -0.113. The third-order valence-electron chi connectivity index (χ3n) is 5.82. The fraction of sp³-hybridized carbons (Fsp3) is 0.0333.